The molecule has 0 bridgehead atoms. The molecule has 5 rings (SSSR count). The van der Waals surface area contributed by atoms with Crippen LogP contribution in [0.5, 0.6) is 23.0 Å². The van der Waals surface area contributed by atoms with Crippen LogP contribution >= 0.6 is 0 Å². The molecular weight excluding hydrogens is 390 g/mol. The van der Waals surface area contributed by atoms with E-state index in [1.807, 2.05) is 19.9 Å². The monoisotopic (exact) mass is 411 g/mol. The number of methoxy groups -OCH3 is 1. The van der Waals surface area contributed by atoms with Crippen molar-refractivity contribution in [2.45, 2.75) is 38.1 Å². The lowest BCUT2D eigenvalue weighted by molar-refractivity contribution is 0.0544. The molecule has 1 N–H and O–H groups in total. The normalized spacial score (nSPS) is 22.5. The highest BCUT2D eigenvalue weighted by atomic mass is 18.2. The van der Waals surface area contributed by atoms with Gasteiger partial charge in [-0.15, -0.1) is 0 Å². The number of benzene rings is 2. The molecule has 0 saturated heterocycles. The van der Waals surface area contributed by atoms with E-state index in [0.29, 0.717) is 33.9 Å². The SMILES string of the molecule is COc1cc2c(cc1CO)OCC1Oc3c4c(cc([18F])c3C(=O)C21)OC(C)(C)C=C4. The molecule has 2 atom stereocenters. The van der Waals surface area contributed by atoms with Crippen LogP contribution in [0.4, 0.5) is 4.39 Å². The first kappa shape index (κ1) is 18.9. The Morgan fingerprint density at radius 3 is 2.80 bits per heavy atom. The van der Waals surface area contributed by atoms with Gasteiger partial charge >= 0.3 is 0 Å². The lowest BCUT2D eigenvalue weighted by Crippen LogP contribution is -2.44. The van der Waals surface area contributed by atoms with Gasteiger partial charge in [-0.05, 0) is 38.1 Å². The third-order valence-corrected chi connectivity index (χ3v) is 5.75. The average molecular weight is 411 g/mol. The van der Waals surface area contributed by atoms with Crippen LogP contribution in [0.15, 0.2) is 24.3 Å². The zero-order chi connectivity index (χ0) is 21.2. The fraction of sp³-hybridized carbons (Fsp3) is 0.348. The largest absolute Gasteiger partial charge is 0.496 e. The Kier molecular flexibility index (Phi) is 4.08. The molecule has 6 nitrogen and oxygen atoms in total. The zero-order valence-electron chi connectivity index (χ0n) is 16.8. The lowest BCUT2D eigenvalue weighted by atomic mass is 9.80. The molecule has 3 aliphatic rings. The van der Waals surface area contributed by atoms with Crippen molar-refractivity contribution in [3.8, 4) is 23.0 Å². The Bertz CT molecular complexity index is 1100. The highest BCUT2D eigenvalue weighted by Crippen LogP contribution is 2.49. The molecule has 0 aromatic heterocycles. The molecule has 0 aliphatic carbocycles. The number of carbonyl (C=O) groups excluding carboxylic acids is 1. The second-order valence-electron chi connectivity index (χ2n) is 8.18. The van der Waals surface area contributed by atoms with Crippen molar-refractivity contribution < 1.29 is 33.2 Å². The summed E-state index contributed by atoms with van der Waals surface area (Å²) in [6.45, 7) is 3.63. The lowest BCUT2D eigenvalue weighted by Gasteiger charge is -2.39. The number of carbonyl (C=O) groups is 1. The Balaban J connectivity index is 1.65. The highest BCUT2D eigenvalue weighted by Gasteiger charge is 2.46. The highest BCUT2D eigenvalue weighted by molar-refractivity contribution is 6.06. The van der Waals surface area contributed by atoms with Crippen molar-refractivity contribution in [3.05, 3.63) is 52.3 Å². The van der Waals surface area contributed by atoms with Gasteiger partial charge in [0, 0.05) is 17.2 Å². The quantitative estimate of drug-likeness (QED) is 0.814. The molecule has 2 unspecified atom stereocenters. The summed E-state index contributed by atoms with van der Waals surface area (Å²) in [5.74, 6) is -0.354. The van der Waals surface area contributed by atoms with Crippen molar-refractivity contribution >= 4 is 11.9 Å². The van der Waals surface area contributed by atoms with E-state index in [1.54, 1.807) is 18.2 Å². The van der Waals surface area contributed by atoms with Gasteiger partial charge in [-0.1, -0.05) is 0 Å². The summed E-state index contributed by atoms with van der Waals surface area (Å²) in [5, 5.41) is 9.56. The van der Waals surface area contributed by atoms with Crippen LogP contribution in [0.2, 0.25) is 0 Å². The van der Waals surface area contributed by atoms with Gasteiger partial charge in [0.1, 0.15) is 47.1 Å². The minimum Gasteiger partial charge on any atom is -0.496 e. The van der Waals surface area contributed by atoms with E-state index >= 15 is 4.39 Å². The molecule has 0 amide bonds. The molecular formula is C23H21FO6. The first-order valence-corrected chi connectivity index (χ1v) is 9.73. The van der Waals surface area contributed by atoms with Gasteiger partial charge in [0.25, 0.3) is 0 Å². The minimum absolute atomic E-state index is 0.0824. The van der Waals surface area contributed by atoms with Gasteiger partial charge in [-0.25, -0.2) is 4.39 Å². The smallest absolute Gasteiger partial charge is 0.181 e. The number of fused-ring (bicyclic) bond motifs is 6. The second-order valence-corrected chi connectivity index (χ2v) is 8.18. The third kappa shape index (κ3) is 2.69. The molecule has 156 valence electrons. The van der Waals surface area contributed by atoms with Crippen molar-refractivity contribution in [3.63, 3.8) is 0 Å². The molecule has 0 spiro atoms. The molecule has 7 heteroatoms. The molecule has 0 radical (unpaired) electrons. The first-order chi connectivity index (χ1) is 14.3. The number of ketones is 1. The Labute approximate surface area is 172 Å². The summed E-state index contributed by atoms with van der Waals surface area (Å²) < 4.78 is 38.2. The molecule has 2 aromatic carbocycles. The molecule has 0 saturated carbocycles. The van der Waals surface area contributed by atoms with Crippen molar-refractivity contribution in [1.29, 1.82) is 0 Å². The third-order valence-electron chi connectivity index (χ3n) is 5.75. The molecule has 30 heavy (non-hydrogen) atoms. The van der Waals surface area contributed by atoms with E-state index < -0.39 is 23.4 Å². The number of Topliss-reactive ketones (excluding diaryl/α,β-unsaturated/α-hetero) is 1. The number of aliphatic hydroxyl groups is 1. The van der Waals surface area contributed by atoms with E-state index in [4.69, 9.17) is 18.9 Å². The summed E-state index contributed by atoms with van der Waals surface area (Å²) in [5.41, 5.74) is 0.992. The second kappa shape index (κ2) is 6.47. The van der Waals surface area contributed by atoms with E-state index in [-0.39, 0.29) is 30.3 Å². The van der Waals surface area contributed by atoms with Gasteiger partial charge < -0.3 is 24.1 Å². The Morgan fingerprint density at radius 2 is 2.07 bits per heavy atom. The maximum atomic E-state index is 15.1. The summed E-state index contributed by atoms with van der Waals surface area (Å²) in [7, 11) is 1.48. The van der Waals surface area contributed by atoms with E-state index in [2.05, 4.69) is 0 Å². The van der Waals surface area contributed by atoms with Crippen LogP contribution in [0.25, 0.3) is 6.08 Å². The zero-order valence-corrected chi connectivity index (χ0v) is 16.8. The van der Waals surface area contributed by atoms with Gasteiger partial charge in [0.2, 0.25) is 0 Å². The van der Waals surface area contributed by atoms with E-state index in [9.17, 15) is 9.90 Å². The summed E-state index contributed by atoms with van der Waals surface area (Å²) in [6, 6.07) is 4.55. The van der Waals surface area contributed by atoms with Crippen molar-refractivity contribution in [2.24, 2.45) is 0 Å². The van der Waals surface area contributed by atoms with Crippen LogP contribution in [0, 0.1) is 5.82 Å². The number of ether oxygens (including phenoxy) is 4. The Morgan fingerprint density at radius 1 is 1.27 bits per heavy atom. The molecule has 2 aromatic rings. The first-order valence-electron chi connectivity index (χ1n) is 9.73. The van der Waals surface area contributed by atoms with Gasteiger partial charge in [0.05, 0.1) is 30.8 Å². The van der Waals surface area contributed by atoms with Crippen LogP contribution in [0.1, 0.15) is 46.8 Å². The van der Waals surface area contributed by atoms with E-state index in [0.717, 1.165) is 0 Å². The van der Waals surface area contributed by atoms with Gasteiger partial charge in [-0.2, -0.15) is 0 Å². The minimum atomic E-state index is -0.736. The molecule has 3 heterocycles. The molecule has 3 aliphatic heterocycles. The maximum Gasteiger partial charge on any atom is 0.181 e. The predicted molar refractivity (Wildman–Crippen MR) is 106 cm³/mol. The topological polar surface area (TPSA) is 74.2 Å². The number of hydrogen-bond donors (Lipinski definition) is 1. The van der Waals surface area contributed by atoms with Crippen LogP contribution in [-0.4, -0.2) is 36.3 Å². The fourth-order valence-electron chi connectivity index (χ4n) is 4.30. The summed E-state index contributed by atoms with van der Waals surface area (Å²) in [4.78, 5) is 13.5. The van der Waals surface area contributed by atoms with Crippen LogP contribution in [-0.2, 0) is 6.61 Å². The van der Waals surface area contributed by atoms with Crippen molar-refractivity contribution in [1.82, 2.24) is 0 Å². The average Bonchev–Trinajstić information content (AvgIpc) is 2.71. The Hall–Kier alpha value is -3.06. The maximum absolute atomic E-state index is 15.1. The number of halogens is 1. The molecule has 0 fully saturated rings. The summed E-state index contributed by atoms with van der Waals surface area (Å²) >= 11 is 0. The number of aliphatic hydroxyl groups excluding tert-OH is 1. The standard InChI is InChI=1S/C23H21FO6/c1-23(2)5-4-12-17(30-23)8-14(24)20-21(26)19-13-7-15(27-3)11(9-25)6-16(13)28-10-18(19)29-22(12)20/h4-8,18-19,25H,9-10H2,1-3H3/i24-1. The number of hydrogen-bond acceptors (Lipinski definition) is 6. The van der Waals surface area contributed by atoms with E-state index in [1.165, 1.54) is 13.2 Å². The predicted octanol–water partition coefficient (Wildman–Crippen LogP) is 3.63. The van der Waals surface area contributed by atoms with Crippen molar-refractivity contribution in [2.75, 3.05) is 13.7 Å². The van der Waals surface area contributed by atoms with Gasteiger partial charge in [-0.3, -0.25) is 4.79 Å². The summed E-state index contributed by atoms with van der Waals surface area (Å²) in [6.07, 6.45) is 3.04. The number of rotatable bonds is 2. The fourth-order valence-corrected chi connectivity index (χ4v) is 4.30. The van der Waals surface area contributed by atoms with Crippen LogP contribution < -0.4 is 18.9 Å². The van der Waals surface area contributed by atoms with Gasteiger partial charge in [0.15, 0.2) is 5.78 Å². The van der Waals surface area contributed by atoms with Crippen LogP contribution in [0.3, 0.4) is 0 Å².